The molecule has 0 radical (unpaired) electrons. The Morgan fingerprint density at radius 1 is 0.344 bits per heavy atom. The number of hydrogen-bond donors (Lipinski definition) is 0. The van der Waals surface area contributed by atoms with Crippen LogP contribution in [0, 0.1) is 0 Å². The molecule has 6 nitrogen and oxygen atoms in total. The lowest BCUT2D eigenvalue weighted by Gasteiger charge is -2.18. The third kappa shape index (κ3) is 47.2. The lowest BCUT2D eigenvalue weighted by Crippen LogP contribution is -2.30. The summed E-state index contributed by atoms with van der Waals surface area (Å²) in [6, 6.07) is 0. The predicted molar refractivity (Wildman–Crippen MR) is 260 cm³/mol. The van der Waals surface area contributed by atoms with Crippen LogP contribution in [0.15, 0.2) is 97.2 Å². The zero-order valence-corrected chi connectivity index (χ0v) is 39.4. The maximum Gasteiger partial charge on any atom is 0.306 e. The Morgan fingerprint density at radius 2 is 0.672 bits per heavy atom. The zero-order chi connectivity index (χ0) is 44.4. The maximum atomic E-state index is 12.7. The molecule has 0 aliphatic carbocycles. The monoisotopic (exact) mass is 847 g/mol. The van der Waals surface area contributed by atoms with Gasteiger partial charge < -0.3 is 14.2 Å². The lowest BCUT2D eigenvalue weighted by atomic mass is 10.1. The molecule has 0 heterocycles. The third-order valence-corrected chi connectivity index (χ3v) is 10.1. The van der Waals surface area contributed by atoms with Crippen molar-refractivity contribution < 1.29 is 28.6 Å². The number of esters is 3. The van der Waals surface area contributed by atoms with Gasteiger partial charge in [-0.15, -0.1) is 0 Å². The zero-order valence-electron chi connectivity index (χ0n) is 39.4. The predicted octanol–water partition coefficient (Wildman–Crippen LogP) is 16.2. The second kappa shape index (κ2) is 49.0. The van der Waals surface area contributed by atoms with Crippen molar-refractivity contribution in [1.29, 1.82) is 0 Å². The summed E-state index contributed by atoms with van der Waals surface area (Å²) in [7, 11) is 0. The van der Waals surface area contributed by atoms with Crippen molar-refractivity contribution in [3.63, 3.8) is 0 Å². The van der Waals surface area contributed by atoms with Gasteiger partial charge in [0.15, 0.2) is 6.10 Å². The Labute approximate surface area is 375 Å². The van der Waals surface area contributed by atoms with E-state index < -0.39 is 6.10 Å². The minimum Gasteiger partial charge on any atom is -0.462 e. The minimum atomic E-state index is -0.809. The summed E-state index contributed by atoms with van der Waals surface area (Å²) < 4.78 is 16.6. The molecule has 1 unspecified atom stereocenters. The molecule has 0 aliphatic heterocycles. The van der Waals surface area contributed by atoms with E-state index >= 15 is 0 Å². The standard InChI is InChI=1S/C55H90O6/c1-4-7-10-13-16-18-20-22-24-26-27-29-30-32-34-36-39-42-45-48-54(57)60-51-52(50-59-53(56)47-44-41-38-15-12-9-6-3)61-55(58)49-46-43-40-37-35-33-31-28-25-23-21-19-17-14-11-8-5-2/h7,10,16-19,22-25,27,29,32,34,39,42,52H,4-6,8-9,11-15,20-21,26,28,30-31,33,35-38,40-41,43-51H2,1-3H3/b10-7-,18-16-,19-17-,24-22-,25-23-,29-27-,34-32-,42-39-. The SMILES string of the molecule is CC/C=C\C/C=C\C/C=C\C/C=C\C/C=C\C/C=C\CCC(=O)OCC(COC(=O)CCCCCCCCC)OC(=O)CCCCCCCCC/C=C\C/C=C\CCCCC. The van der Waals surface area contributed by atoms with Gasteiger partial charge in [-0.3, -0.25) is 14.4 Å². The van der Waals surface area contributed by atoms with E-state index in [1.807, 2.05) is 12.2 Å². The van der Waals surface area contributed by atoms with Crippen molar-refractivity contribution in [3.8, 4) is 0 Å². The van der Waals surface area contributed by atoms with E-state index in [0.29, 0.717) is 19.3 Å². The highest BCUT2D eigenvalue weighted by Gasteiger charge is 2.19. The Balaban J connectivity index is 4.42. The van der Waals surface area contributed by atoms with Crippen LogP contribution < -0.4 is 0 Å². The summed E-state index contributed by atoms with van der Waals surface area (Å²) in [6.07, 6.45) is 64.1. The average Bonchev–Trinajstić information content (AvgIpc) is 3.26. The van der Waals surface area contributed by atoms with Crippen LogP contribution in [0.5, 0.6) is 0 Å². The second-order valence-corrected chi connectivity index (χ2v) is 16.0. The molecule has 0 aliphatic rings. The van der Waals surface area contributed by atoms with E-state index in [-0.39, 0.29) is 37.5 Å². The minimum absolute atomic E-state index is 0.105. The van der Waals surface area contributed by atoms with Crippen LogP contribution in [0.3, 0.4) is 0 Å². The van der Waals surface area contributed by atoms with Crippen LogP contribution >= 0.6 is 0 Å². The van der Waals surface area contributed by atoms with Crippen molar-refractivity contribution in [2.24, 2.45) is 0 Å². The molecule has 1 atom stereocenters. The van der Waals surface area contributed by atoms with Gasteiger partial charge in [-0.1, -0.05) is 201 Å². The first-order valence-corrected chi connectivity index (χ1v) is 24.7. The van der Waals surface area contributed by atoms with Gasteiger partial charge in [-0.2, -0.15) is 0 Å². The van der Waals surface area contributed by atoms with Gasteiger partial charge in [0, 0.05) is 19.3 Å². The van der Waals surface area contributed by atoms with E-state index in [9.17, 15) is 14.4 Å². The van der Waals surface area contributed by atoms with Crippen molar-refractivity contribution >= 4 is 17.9 Å². The number of carbonyl (C=O) groups is 3. The van der Waals surface area contributed by atoms with Crippen LogP contribution in [-0.4, -0.2) is 37.2 Å². The normalized spacial score (nSPS) is 12.9. The molecular weight excluding hydrogens is 757 g/mol. The summed E-state index contributed by atoms with van der Waals surface area (Å²) in [5.41, 5.74) is 0. The third-order valence-electron chi connectivity index (χ3n) is 10.1. The van der Waals surface area contributed by atoms with Gasteiger partial charge in [0.25, 0.3) is 0 Å². The molecule has 61 heavy (non-hydrogen) atoms. The summed E-state index contributed by atoms with van der Waals surface area (Å²) in [5.74, 6) is -1.01. The van der Waals surface area contributed by atoms with Crippen molar-refractivity contribution in [3.05, 3.63) is 97.2 Å². The van der Waals surface area contributed by atoms with E-state index in [0.717, 1.165) is 89.9 Å². The van der Waals surface area contributed by atoms with E-state index in [4.69, 9.17) is 14.2 Å². The molecule has 346 valence electrons. The van der Waals surface area contributed by atoms with Crippen molar-refractivity contribution in [2.75, 3.05) is 13.2 Å². The Hall–Kier alpha value is -3.67. The van der Waals surface area contributed by atoms with E-state index in [1.165, 1.54) is 77.0 Å². The van der Waals surface area contributed by atoms with Gasteiger partial charge in [0.2, 0.25) is 0 Å². The molecule has 0 saturated carbocycles. The number of allylic oxidation sites excluding steroid dienone is 16. The summed E-state index contributed by atoms with van der Waals surface area (Å²) in [4.78, 5) is 37.7. The first-order chi connectivity index (χ1) is 30.0. The lowest BCUT2D eigenvalue weighted by molar-refractivity contribution is -0.166. The smallest absolute Gasteiger partial charge is 0.306 e. The topological polar surface area (TPSA) is 78.9 Å². The maximum absolute atomic E-state index is 12.7. The molecular formula is C55H90O6. The van der Waals surface area contributed by atoms with Gasteiger partial charge >= 0.3 is 17.9 Å². The average molecular weight is 847 g/mol. The molecule has 0 fully saturated rings. The number of rotatable bonds is 43. The molecule has 0 N–H and O–H groups in total. The molecule has 6 heteroatoms. The summed E-state index contributed by atoms with van der Waals surface area (Å²) in [5, 5.41) is 0. The quantitative estimate of drug-likeness (QED) is 0.0263. The molecule has 0 aromatic heterocycles. The molecule has 0 bridgehead atoms. The van der Waals surface area contributed by atoms with Crippen LogP contribution in [0.2, 0.25) is 0 Å². The molecule has 0 aromatic rings. The van der Waals surface area contributed by atoms with E-state index in [2.05, 4.69) is 106 Å². The van der Waals surface area contributed by atoms with E-state index in [1.54, 1.807) is 0 Å². The van der Waals surface area contributed by atoms with Crippen LogP contribution in [0.4, 0.5) is 0 Å². The van der Waals surface area contributed by atoms with Gasteiger partial charge in [-0.05, 0) is 89.9 Å². The Kier molecular flexibility index (Phi) is 46.0. The van der Waals surface area contributed by atoms with Crippen molar-refractivity contribution in [1.82, 2.24) is 0 Å². The Morgan fingerprint density at radius 3 is 1.13 bits per heavy atom. The van der Waals surface area contributed by atoms with Crippen LogP contribution in [0.1, 0.15) is 213 Å². The van der Waals surface area contributed by atoms with Gasteiger partial charge in [-0.25, -0.2) is 0 Å². The fourth-order valence-corrected chi connectivity index (χ4v) is 6.38. The fourth-order valence-electron chi connectivity index (χ4n) is 6.38. The first kappa shape index (κ1) is 57.3. The first-order valence-electron chi connectivity index (χ1n) is 24.7. The van der Waals surface area contributed by atoms with Gasteiger partial charge in [0.05, 0.1) is 0 Å². The number of carbonyl (C=O) groups excluding carboxylic acids is 3. The van der Waals surface area contributed by atoms with Crippen molar-refractivity contribution in [2.45, 2.75) is 219 Å². The van der Waals surface area contributed by atoms with Crippen LogP contribution in [0.25, 0.3) is 0 Å². The van der Waals surface area contributed by atoms with Gasteiger partial charge in [0.1, 0.15) is 13.2 Å². The largest absolute Gasteiger partial charge is 0.462 e. The molecule has 0 amide bonds. The highest BCUT2D eigenvalue weighted by atomic mass is 16.6. The molecule has 0 saturated heterocycles. The molecule has 0 rings (SSSR count). The molecule has 0 spiro atoms. The highest BCUT2D eigenvalue weighted by Crippen LogP contribution is 2.13. The van der Waals surface area contributed by atoms with Crippen LogP contribution in [-0.2, 0) is 28.6 Å². The summed E-state index contributed by atoms with van der Waals surface area (Å²) in [6.45, 7) is 6.37. The Bertz CT molecular complexity index is 1250. The second-order valence-electron chi connectivity index (χ2n) is 16.0. The molecule has 0 aromatic carbocycles. The number of ether oxygens (including phenoxy) is 3. The highest BCUT2D eigenvalue weighted by molar-refractivity contribution is 5.71. The number of unbranched alkanes of at least 4 members (excludes halogenated alkanes) is 16. The fraction of sp³-hybridized carbons (Fsp3) is 0.655. The number of hydrogen-bond acceptors (Lipinski definition) is 6. The summed E-state index contributed by atoms with van der Waals surface area (Å²) >= 11 is 0.